The summed E-state index contributed by atoms with van der Waals surface area (Å²) >= 11 is 0. The normalized spacial score (nSPS) is 12.4. The molecule has 1 aromatic heterocycles. The highest BCUT2D eigenvalue weighted by atomic mass is 19.1. The SMILES string of the molecule is CN=C(NCCNC(=O)c1cccnc1)NC(C)c1ccc(C)c(F)c1. The summed E-state index contributed by atoms with van der Waals surface area (Å²) in [5, 5.41) is 9.12. The molecule has 1 unspecified atom stereocenters. The first-order valence-electron chi connectivity index (χ1n) is 8.42. The number of hydrogen-bond donors (Lipinski definition) is 3. The van der Waals surface area contributed by atoms with E-state index in [4.69, 9.17) is 0 Å². The first kappa shape index (κ1) is 19.4. The van der Waals surface area contributed by atoms with Crippen LogP contribution in [-0.4, -0.2) is 37.0 Å². The third kappa shape index (κ3) is 5.54. The molecule has 0 aliphatic carbocycles. The zero-order valence-electron chi connectivity index (χ0n) is 15.2. The average Bonchev–Trinajstić information content (AvgIpc) is 2.66. The molecule has 1 atom stereocenters. The van der Waals surface area contributed by atoms with Crippen molar-refractivity contribution in [2.24, 2.45) is 4.99 Å². The summed E-state index contributed by atoms with van der Waals surface area (Å²) in [6, 6.07) is 8.48. The van der Waals surface area contributed by atoms with E-state index >= 15 is 0 Å². The number of aliphatic imine (C=N–C) groups is 1. The molecule has 0 aliphatic heterocycles. The van der Waals surface area contributed by atoms with E-state index in [-0.39, 0.29) is 17.8 Å². The van der Waals surface area contributed by atoms with Crippen molar-refractivity contribution in [1.82, 2.24) is 20.9 Å². The third-order valence-corrected chi connectivity index (χ3v) is 3.90. The second kappa shape index (κ2) is 9.50. The summed E-state index contributed by atoms with van der Waals surface area (Å²) in [7, 11) is 1.66. The van der Waals surface area contributed by atoms with Crippen LogP contribution in [-0.2, 0) is 0 Å². The van der Waals surface area contributed by atoms with E-state index in [1.54, 1.807) is 38.4 Å². The molecule has 2 aromatic rings. The molecule has 0 saturated heterocycles. The maximum absolute atomic E-state index is 13.7. The maximum Gasteiger partial charge on any atom is 0.252 e. The standard InChI is InChI=1S/C19H24FN5O/c1-13-6-7-15(11-17(13)20)14(2)25-19(21-3)24-10-9-23-18(26)16-5-4-8-22-12-16/h4-8,11-12,14H,9-10H2,1-3H3,(H,23,26)(H2,21,24,25). The lowest BCUT2D eigenvalue weighted by molar-refractivity contribution is 0.0954. The topological polar surface area (TPSA) is 78.4 Å². The van der Waals surface area contributed by atoms with Crippen LogP contribution in [0.2, 0.25) is 0 Å². The Kier molecular flexibility index (Phi) is 7.08. The zero-order valence-corrected chi connectivity index (χ0v) is 15.2. The number of rotatable bonds is 6. The number of carbonyl (C=O) groups is 1. The van der Waals surface area contributed by atoms with E-state index in [1.807, 2.05) is 13.0 Å². The molecule has 0 aliphatic rings. The number of aryl methyl sites for hydroxylation is 1. The van der Waals surface area contributed by atoms with Gasteiger partial charge in [0, 0.05) is 32.5 Å². The van der Waals surface area contributed by atoms with Crippen molar-refractivity contribution in [3.63, 3.8) is 0 Å². The number of halogens is 1. The number of guanidine groups is 1. The highest BCUT2D eigenvalue weighted by Crippen LogP contribution is 2.16. The Morgan fingerprint density at radius 3 is 2.69 bits per heavy atom. The minimum atomic E-state index is -0.225. The van der Waals surface area contributed by atoms with Gasteiger partial charge in [-0.15, -0.1) is 0 Å². The van der Waals surface area contributed by atoms with Crippen LogP contribution in [0.4, 0.5) is 4.39 Å². The van der Waals surface area contributed by atoms with Crippen LogP contribution >= 0.6 is 0 Å². The second-order valence-corrected chi connectivity index (χ2v) is 5.87. The average molecular weight is 357 g/mol. The van der Waals surface area contributed by atoms with Crippen LogP contribution in [0.5, 0.6) is 0 Å². The van der Waals surface area contributed by atoms with Crippen molar-refractivity contribution in [3.8, 4) is 0 Å². The molecule has 6 nitrogen and oxygen atoms in total. The lowest BCUT2D eigenvalue weighted by Gasteiger charge is -2.19. The van der Waals surface area contributed by atoms with Gasteiger partial charge in [0.05, 0.1) is 11.6 Å². The molecule has 1 amide bonds. The van der Waals surface area contributed by atoms with Gasteiger partial charge in [0.15, 0.2) is 5.96 Å². The lowest BCUT2D eigenvalue weighted by atomic mass is 10.1. The molecule has 2 rings (SSSR count). The Morgan fingerprint density at radius 1 is 1.27 bits per heavy atom. The summed E-state index contributed by atoms with van der Waals surface area (Å²) < 4.78 is 13.7. The molecule has 0 spiro atoms. The fraction of sp³-hybridized carbons (Fsp3) is 0.316. The summed E-state index contributed by atoms with van der Waals surface area (Å²) in [5.41, 5.74) is 1.97. The smallest absolute Gasteiger partial charge is 0.252 e. The molecule has 1 aromatic carbocycles. The molecule has 7 heteroatoms. The molecule has 3 N–H and O–H groups in total. The van der Waals surface area contributed by atoms with Crippen molar-refractivity contribution < 1.29 is 9.18 Å². The first-order valence-corrected chi connectivity index (χ1v) is 8.42. The van der Waals surface area contributed by atoms with E-state index in [9.17, 15) is 9.18 Å². The van der Waals surface area contributed by atoms with E-state index in [2.05, 4.69) is 25.9 Å². The summed E-state index contributed by atoms with van der Waals surface area (Å²) in [4.78, 5) is 20.0. The summed E-state index contributed by atoms with van der Waals surface area (Å²) in [5.74, 6) is 0.178. The van der Waals surface area contributed by atoms with Crippen molar-refractivity contribution in [2.45, 2.75) is 19.9 Å². The van der Waals surface area contributed by atoms with Crippen LogP contribution in [0.15, 0.2) is 47.7 Å². The van der Waals surface area contributed by atoms with Gasteiger partial charge in [-0.1, -0.05) is 12.1 Å². The molecule has 1 heterocycles. The van der Waals surface area contributed by atoms with E-state index in [1.165, 1.54) is 12.3 Å². The fourth-order valence-corrected chi connectivity index (χ4v) is 2.32. The van der Waals surface area contributed by atoms with Gasteiger partial charge in [-0.2, -0.15) is 0 Å². The Balaban J connectivity index is 1.78. The molecule has 0 radical (unpaired) electrons. The Labute approximate surface area is 152 Å². The number of nitrogens with one attached hydrogen (secondary N) is 3. The first-order chi connectivity index (χ1) is 12.5. The van der Waals surface area contributed by atoms with Gasteiger partial charge >= 0.3 is 0 Å². The lowest BCUT2D eigenvalue weighted by Crippen LogP contribution is -2.42. The second-order valence-electron chi connectivity index (χ2n) is 5.87. The van der Waals surface area contributed by atoms with Gasteiger partial charge in [-0.25, -0.2) is 4.39 Å². The Bertz CT molecular complexity index is 764. The van der Waals surface area contributed by atoms with Crippen LogP contribution in [0.25, 0.3) is 0 Å². The van der Waals surface area contributed by atoms with E-state index < -0.39 is 0 Å². The zero-order chi connectivity index (χ0) is 18.9. The van der Waals surface area contributed by atoms with Crippen LogP contribution < -0.4 is 16.0 Å². The summed E-state index contributed by atoms with van der Waals surface area (Å²) in [6.45, 7) is 4.60. The van der Waals surface area contributed by atoms with Crippen molar-refractivity contribution >= 4 is 11.9 Å². The molecule has 0 saturated carbocycles. The van der Waals surface area contributed by atoms with Crippen LogP contribution in [0.1, 0.15) is 34.5 Å². The Hall–Kier alpha value is -2.96. The number of carbonyl (C=O) groups excluding carboxylic acids is 1. The molecule has 0 fully saturated rings. The Morgan fingerprint density at radius 2 is 2.04 bits per heavy atom. The highest BCUT2D eigenvalue weighted by molar-refractivity contribution is 5.93. The molecule has 138 valence electrons. The number of amides is 1. The van der Waals surface area contributed by atoms with Gasteiger partial charge < -0.3 is 16.0 Å². The van der Waals surface area contributed by atoms with Gasteiger partial charge in [-0.05, 0) is 43.2 Å². The molecular weight excluding hydrogens is 333 g/mol. The monoisotopic (exact) mass is 357 g/mol. The van der Waals surface area contributed by atoms with Crippen LogP contribution in [0, 0.1) is 12.7 Å². The number of aromatic nitrogens is 1. The molecule has 26 heavy (non-hydrogen) atoms. The van der Waals surface area contributed by atoms with E-state index in [0.717, 1.165) is 5.56 Å². The highest BCUT2D eigenvalue weighted by Gasteiger charge is 2.10. The third-order valence-electron chi connectivity index (χ3n) is 3.90. The van der Waals surface area contributed by atoms with Crippen molar-refractivity contribution in [1.29, 1.82) is 0 Å². The summed E-state index contributed by atoms with van der Waals surface area (Å²) in [6.07, 6.45) is 3.14. The number of benzene rings is 1. The predicted molar refractivity (Wildman–Crippen MR) is 101 cm³/mol. The minimum absolute atomic E-state index is 0.110. The maximum atomic E-state index is 13.7. The minimum Gasteiger partial charge on any atom is -0.355 e. The van der Waals surface area contributed by atoms with Gasteiger partial charge in [-0.3, -0.25) is 14.8 Å². The van der Waals surface area contributed by atoms with Gasteiger partial charge in [0.2, 0.25) is 0 Å². The molecular formula is C19H24FN5O. The number of hydrogen-bond acceptors (Lipinski definition) is 3. The van der Waals surface area contributed by atoms with Crippen LogP contribution in [0.3, 0.4) is 0 Å². The van der Waals surface area contributed by atoms with Crippen molar-refractivity contribution in [3.05, 3.63) is 65.2 Å². The molecule has 0 bridgehead atoms. The quantitative estimate of drug-likeness (QED) is 0.421. The number of pyridine rings is 1. The van der Waals surface area contributed by atoms with Gasteiger partial charge in [0.1, 0.15) is 5.82 Å². The fourth-order valence-electron chi connectivity index (χ4n) is 2.32. The van der Waals surface area contributed by atoms with Crippen molar-refractivity contribution in [2.75, 3.05) is 20.1 Å². The van der Waals surface area contributed by atoms with E-state index in [0.29, 0.717) is 30.2 Å². The van der Waals surface area contributed by atoms with Gasteiger partial charge in [0.25, 0.3) is 5.91 Å². The predicted octanol–water partition coefficient (Wildman–Crippen LogP) is 2.19. The largest absolute Gasteiger partial charge is 0.355 e. The number of nitrogens with zero attached hydrogens (tertiary/aromatic N) is 2.